The topological polar surface area (TPSA) is 56.9 Å². The van der Waals surface area contributed by atoms with Crippen molar-refractivity contribution >= 4 is 39.1 Å². The summed E-state index contributed by atoms with van der Waals surface area (Å²) in [5, 5.41) is 0.974. The number of thioether (sulfide) groups is 1. The Labute approximate surface area is 230 Å². The summed E-state index contributed by atoms with van der Waals surface area (Å²) in [5.74, 6) is -0.208. The molecule has 0 amide bonds. The second-order valence-electron chi connectivity index (χ2n) is 9.21. The van der Waals surface area contributed by atoms with Crippen molar-refractivity contribution in [3.05, 3.63) is 104 Å². The first kappa shape index (κ1) is 27.0. The molecule has 0 atom stereocenters. The molecule has 200 valence electrons. The third-order valence-electron chi connectivity index (χ3n) is 6.68. The van der Waals surface area contributed by atoms with Gasteiger partial charge < -0.3 is 4.57 Å². The first-order valence-electron chi connectivity index (χ1n) is 12.1. The van der Waals surface area contributed by atoms with Crippen molar-refractivity contribution in [1.82, 2.24) is 14.1 Å². The fraction of sp³-hybridized carbons (Fsp3) is 0.207. The molecule has 0 fully saturated rings. The molecule has 2 aromatic carbocycles. The number of rotatable bonds is 6. The Morgan fingerprint density at radius 1 is 0.949 bits per heavy atom. The van der Waals surface area contributed by atoms with Crippen molar-refractivity contribution in [2.24, 2.45) is 0 Å². The lowest BCUT2D eigenvalue weighted by Crippen LogP contribution is -2.22. The average molecular weight is 568 g/mol. The number of fused-ring (bicyclic) bond motifs is 1. The number of thiophene rings is 1. The summed E-state index contributed by atoms with van der Waals surface area (Å²) in [4.78, 5) is 33.4. The Morgan fingerprint density at radius 3 is 2.33 bits per heavy atom. The van der Waals surface area contributed by atoms with Gasteiger partial charge in [0.2, 0.25) is 0 Å². The van der Waals surface area contributed by atoms with Gasteiger partial charge in [0, 0.05) is 27.5 Å². The second kappa shape index (κ2) is 10.2. The van der Waals surface area contributed by atoms with Crippen molar-refractivity contribution in [3.8, 4) is 11.4 Å². The minimum atomic E-state index is -4.47. The molecule has 10 heteroatoms. The second-order valence-corrected chi connectivity index (χ2v) is 11.4. The van der Waals surface area contributed by atoms with Crippen molar-refractivity contribution in [1.29, 1.82) is 0 Å². The number of nitrogens with zero attached hydrogens (tertiary/aromatic N) is 3. The van der Waals surface area contributed by atoms with Gasteiger partial charge in [0.15, 0.2) is 10.9 Å². The SMILES string of the molecule is Cc1sc2nc(SCC(=O)c3cc(C)n(-c4cccc(C(F)(F)F)c4)c3C)n(-c3ccccc3)c(=O)c2c1C. The maximum Gasteiger partial charge on any atom is 0.416 e. The molecule has 3 heterocycles. The van der Waals surface area contributed by atoms with Gasteiger partial charge in [-0.3, -0.25) is 14.2 Å². The highest BCUT2D eigenvalue weighted by atomic mass is 32.2. The number of carbonyl (C=O) groups excluding carboxylic acids is 1. The minimum Gasteiger partial charge on any atom is -0.318 e. The van der Waals surface area contributed by atoms with Crippen LogP contribution in [-0.2, 0) is 6.18 Å². The number of aryl methyl sites for hydroxylation is 3. The highest BCUT2D eigenvalue weighted by Gasteiger charge is 2.31. The van der Waals surface area contributed by atoms with Crippen LogP contribution in [0.2, 0.25) is 0 Å². The van der Waals surface area contributed by atoms with Crippen LogP contribution in [0.4, 0.5) is 13.2 Å². The molecule has 0 aliphatic heterocycles. The molecular weight excluding hydrogens is 543 g/mol. The van der Waals surface area contributed by atoms with E-state index in [-0.39, 0.29) is 17.1 Å². The zero-order valence-electron chi connectivity index (χ0n) is 21.6. The molecule has 39 heavy (non-hydrogen) atoms. The summed E-state index contributed by atoms with van der Waals surface area (Å²) < 4.78 is 43.0. The molecule has 0 unspecified atom stereocenters. The van der Waals surface area contributed by atoms with E-state index in [0.29, 0.717) is 43.7 Å². The largest absolute Gasteiger partial charge is 0.416 e. The van der Waals surface area contributed by atoms with Crippen LogP contribution < -0.4 is 5.56 Å². The van der Waals surface area contributed by atoms with E-state index in [0.717, 1.165) is 22.6 Å². The van der Waals surface area contributed by atoms with E-state index in [1.165, 1.54) is 33.7 Å². The fourth-order valence-corrected chi connectivity index (χ4v) is 6.61. The smallest absolute Gasteiger partial charge is 0.318 e. The monoisotopic (exact) mass is 567 g/mol. The van der Waals surface area contributed by atoms with Gasteiger partial charge in [-0.05, 0) is 69.7 Å². The number of para-hydroxylation sites is 1. The van der Waals surface area contributed by atoms with Crippen LogP contribution in [0.3, 0.4) is 0 Å². The molecule has 0 aliphatic rings. The lowest BCUT2D eigenvalue weighted by Gasteiger charge is -2.13. The number of hydrogen-bond donors (Lipinski definition) is 0. The van der Waals surface area contributed by atoms with Crippen molar-refractivity contribution < 1.29 is 18.0 Å². The molecule has 0 aliphatic carbocycles. The van der Waals surface area contributed by atoms with E-state index in [9.17, 15) is 22.8 Å². The quantitative estimate of drug-likeness (QED) is 0.121. The molecule has 0 saturated carbocycles. The van der Waals surface area contributed by atoms with E-state index in [1.807, 2.05) is 44.2 Å². The van der Waals surface area contributed by atoms with Gasteiger partial charge in [-0.1, -0.05) is 36.0 Å². The zero-order valence-corrected chi connectivity index (χ0v) is 23.2. The van der Waals surface area contributed by atoms with Gasteiger partial charge in [0.25, 0.3) is 5.56 Å². The number of aromatic nitrogens is 3. The van der Waals surface area contributed by atoms with Crippen LogP contribution in [-0.4, -0.2) is 25.7 Å². The Balaban J connectivity index is 1.50. The fourth-order valence-electron chi connectivity index (χ4n) is 4.65. The van der Waals surface area contributed by atoms with E-state index >= 15 is 0 Å². The lowest BCUT2D eigenvalue weighted by molar-refractivity contribution is -0.137. The molecule has 0 bridgehead atoms. The van der Waals surface area contributed by atoms with Crippen LogP contribution in [0.1, 0.15) is 37.7 Å². The summed E-state index contributed by atoms with van der Waals surface area (Å²) in [5.41, 5.74) is 2.54. The number of hydrogen-bond acceptors (Lipinski definition) is 5. The number of ketones is 1. The molecule has 3 aromatic heterocycles. The van der Waals surface area contributed by atoms with E-state index in [1.54, 1.807) is 30.5 Å². The molecular formula is C29H24F3N3O2S2. The first-order valence-corrected chi connectivity index (χ1v) is 13.9. The van der Waals surface area contributed by atoms with Crippen LogP contribution in [0.25, 0.3) is 21.6 Å². The van der Waals surface area contributed by atoms with Crippen molar-refractivity contribution in [2.45, 2.75) is 39.0 Å². The predicted molar refractivity (Wildman–Crippen MR) is 150 cm³/mol. The number of halogens is 3. The number of carbonyl (C=O) groups is 1. The van der Waals surface area contributed by atoms with Crippen LogP contribution >= 0.6 is 23.1 Å². The normalized spacial score (nSPS) is 11.9. The maximum absolute atomic E-state index is 13.6. The van der Waals surface area contributed by atoms with Gasteiger partial charge in [-0.25, -0.2) is 4.98 Å². The van der Waals surface area contributed by atoms with E-state index in [4.69, 9.17) is 4.98 Å². The van der Waals surface area contributed by atoms with Gasteiger partial charge in [0.1, 0.15) is 4.83 Å². The van der Waals surface area contributed by atoms with Gasteiger partial charge in [-0.15, -0.1) is 11.3 Å². The highest BCUT2D eigenvalue weighted by molar-refractivity contribution is 7.99. The number of alkyl halides is 3. The Morgan fingerprint density at radius 2 is 1.64 bits per heavy atom. The van der Waals surface area contributed by atoms with Crippen LogP contribution in [0.5, 0.6) is 0 Å². The highest BCUT2D eigenvalue weighted by Crippen LogP contribution is 2.33. The number of benzene rings is 2. The molecule has 5 nitrogen and oxygen atoms in total. The molecule has 0 radical (unpaired) electrons. The summed E-state index contributed by atoms with van der Waals surface area (Å²) >= 11 is 2.61. The third kappa shape index (κ3) is 4.94. The standard InChI is InChI=1S/C29H24F3N3O2S2/c1-16-13-23(18(3)34(16)22-12-8-9-20(14-22)29(30,31)32)24(36)15-38-28-33-26-25(17(2)19(4)39-26)27(37)35(28)21-10-6-5-7-11-21/h5-14H,15H2,1-4H3. The first-order chi connectivity index (χ1) is 18.5. The zero-order chi connectivity index (χ0) is 28.1. The molecule has 0 N–H and O–H groups in total. The van der Waals surface area contributed by atoms with Gasteiger partial charge in [-0.2, -0.15) is 13.2 Å². The number of Topliss-reactive ketones (excluding diaryl/α,β-unsaturated/α-hetero) is 1. The molecule has 0 saturated heterocycles. The summed E-state index contributed by atoms with van der Waals surface area (Å²) in [6, 6.07) is 15.9. The Bertz CT molecular complexity index is 1780. The van der Waals surface area contributed by atoms with Gasteiger partial charge in [0.05, 0.1) is 22.4 Å². The predicted octanol–water partition coefficient (Wildman–Crippen LogP) is 7.47. The summed E-state index contributed by atoms with van der Waals surface area (Å²) in [7, 11) is 0. The third-order valence-corrected chi connectivity index (χ3v) is 8.72. The Kier molecular flexibility index (Phi) is 7.02. The van der Waals surface area contributed by atoms with Crippen LogP contribution in [0, 0.1) is 27.7 Å². The average Bonchev–Trinajstić information content (AvgIpc) is 3.36. The molecule has 0 spiro atoms. The molecule has 5 aromatic rings. The minimum absolute atomic E-state index is 0.000996. The Hall–Kier alpha value is -3.63. The summed E-state index contributed by atoms with van der Waals surface area (Å²) in [6.07, 6.45) is -4.47. The lowest BCUT2D eigenvalue weighted by atomic mass is 10.1. The maximum atomic E-state index is 13.6. The van der Waals surface area contributed by atoms with E-state index < -0.39 is 11.7 Å². The molecule has 5 rings (SSSR count). The van der Waals surface area contributed by atoms with E-state index in [2.05, 4.69) is 0 Å². The van der Waals surface area contributed by atoms with Gasteiger partial charge >= 0.3 is 6.18 Å². The summed E-state index contributed by atoms with van der Waals surface area (Å²) in [6.45, 7) is 7.32. The van der Waals surface area contributed by atoms with Crippen LogP contribution in [0.15, 0.2) is 70.6 Å². The van der Waals surface area contributed by atoms with Crippen molar-refractivity contribution in [3.63, 3.8) is 0 Å². The van der Waals surface area contributed by atoms with Crippen molar-refractivity contribution in [2.75, 3.05) is 5.75 Å².